The lowest BCUT2D eigenvalue weighted by Crippen LogP contribution is -2.41. The Labute approximate surface area is 91.5 Å². The Balaban J connectivity index is 2.30. The zero-order valence-corrected chi connectivity index (χ0v) is 9.74. The Morgan fingerprint density at radius 3 is 3.15 bits per heavy atom. The van der Waals surface area contributed by atoms with Crippen LogP contribution in [-0.2, 0) is 9.47 Å². The van der Waals surface area contributed by atoms with Crippen LogP contribution in [0.25, 0.3) is 0 Å². The fourth-order valence-corrected chi connectivity index (χ4v) is 2.16. The third-order valence-electron chi connectivity index (χ3n) is 1.94. The van der Waals surface area contributed by atoms with Gasteiger partial charge in [0, 0.05) is 11.0 Å². The number of amides is 1. The SMILES string of the molecule is CCOC(=O)N[C@@H]1CCO[C@H]1CI. The van der Waals surface area contributed by atoms with Crippen LogP contribution in [0.5, 0.6) is 0 Å². The number of alkyl halides is 1. The second-order valence-electron chi connectivity index (χ2n) is 2.82. The first-order chi connectivity index (χ1) is 6.27. The maximum absolute atomic E-state index is 11.1. The van der Waals surface area contributed by atoms with E-state index in [2.05, 4.69) is 27.9 Å². The molecular formula is C8H14INO3. The monoisotopic (exact) mass is 299 g/mol. The highest BCUT2D eigenvalue weighted by Crippen LogP contribution is 2.15. The van der Waals surface area contributed by atoms with Crippen molar-refractivity contribution < 1.29 is 14.3 Å². The Hall–Kier alpha value is -0.0400. The highest BCUT2D eigenvalue weighted by atomic mass is 127. The average Bonchev–Trinajstić information content (AvgIpc) is 2.52. The van der Waals surface area contributed by atoms with Gasteiger partial charge in [-0.2, -0.15) is 0 Å². The van der Waals surface area contributed by atoms with E-state index in [4.69, 9.17) is 9.47 Å². The van der Waals surface area contributed by atoms with Gasteiger partial charge < -0.3 is 14.8 Å². The molecule has 1 aliphatic rings. The standard InChI is InChI=1S/C8H14INO3/c1-2-12-8(11)10-6-3-4-13-7(6)5-9/h6-7H,2-5H2,1H3,(H,10,11)/t6-,7+/m1/s1. The summed E-state index contributed by atoms with van der Waals surface area (Å²) in [5.41, 5.74) is 0. The smallest absolute Gasteiger partial charge is 0.407 e. The molecule has 0 radical (unpaired) electrons. The fraction of sp³-hybridized carbons (Fsp3) is 0.875. The van der Waals surface area contributed by atoms with Crippen LogP contribution in [0.3, 0.4) is 0 Å². The van der Waals surface area contributed by atoms with Crippen molar-refractivity contribution in [1.29, 1.82) is 0 Å². The van der Waals surface area contributed by atoms with E-state index in [1.54, 1.807) is 6.92 Å². The van der Waals surface area contributed by atoms with Crippen LogP contribution < -0.4 is 5.32 Å². The molecule has 1 aliphatic heterocycles. The van der Waals surface area contributed by atoms with Crippen LogP contribution in [0.4, 0.5) is 4.79 Å². The maximum atomic E-state index is 11.1. The molecule has 4 nitrogen and oxygen atoms in total. The fourth-order valence-electron chi connectivity index (χ4n) is 1.29. The van der Waals surface area contributed by atoms with Gasteiger partial charge in [-0.25, -0.2) is 4.79 Å². The number of hydrogen-bond acceptors (Lipinski definition) is 3. The average molecular weight is 299 g/mol. The zero-order chi connectivity index (χ0) is 9.68. The van der Waals surface area contributed by atoms with Gasteiger partial charge in [0.25, 0.3) is 0 Å². The highest BCUT2D eigenvalue weighted by molar-refractivity contribution is 14.1. The van der Waals surface area contributed by atoms with E-state index < -0.39 is 0 Å². The van der Waals surface area contributed by atoms with Gasteiger partial charge in [-0.3, -0.25) is 0 Å². The van der Waals surface area contributed by atoms with Crippen LogP contribution in [0.2, 0.25) is 0 Å². The molecule has 1 fully saturated rings. The summed E-state index contributed by atoms with van der Waals surface area (Å²) in [5, 5.41) is 2.79. The van der Waals surface area contributed by atoms with E-state index in [0.29, 0.717) is 6.61 Å². The molecule has 2 atom stereocenters. The predicted octanol–water partition coefficient (Wildman–Crippen LogP) is 1.33. The lowest BCUT2D eigenvalue weighted by atomic mass is 10.2. The molecule has 5 heteroatoms. The Kier molecular flexibility index (Phi) is 4.79. The number of carbonyl (C=O) groups excluding carboxylic acids is 1. The first-order valence-electron chi connectivity index (χ1n) is 4.38. The van der Waals surface area contributed by atoms with Crippen molar-refractivity contribution in [2.75, 3.05) is 17.6 Å². The summed E-state index contributed by atoms with van der Waals surface area (Å²) in [6, 6.07) is 0.121. The molecule has 0 aromatic rings. The molecule has 1 rings (SSSR count). The van der Waals surface area contributed by atoms with Gasteiger partial charge in [0.05, 0.1) is 18.8 Å². The van der Waals surface area contributed by atoms with Gasteiger partial charge in [-0.05, 0) is 13.3 Å². The lowest BCUT2D eigenvalue weighted by molar-refractivity contribution is 0.110. The summed E-state index contributed by atoms with van der Waals surface area (Å²) in [6.45, 7) is 2.93. The largest absolute Gasteiger partial charge is 0.450 e. The number of rotatable bonds is 3. The van der Waals surface area contributed by atoms with Gasteiger partial charge in [0.2, 0.25) is 0 Å². The van der Waals surface area contributed by atoms with Gasteiger partial charge in [0.1, 0.15) is 0 Å². The first-order valence-corrected chi connectivity index (χ1v) is 5.91. The molecule has 76 valence electrons. The highest BCUT2D eigenvalue weighted by Gasteiger charge is 2.28. The molecule has 1 saturated heterocycles. The molecule has 1 N–H and O–H groups in total. The van der Waals surface area contributed by atoms with E-state index in [1.807, 2.05) is 0 Å². The van der Waals surface area contributed by atoms with Gasteiger partial charge in [-0.1, -0.05) is 22.6 Å². The van der Waals surface area contributed by atoms with E-state index in [-0.39, 0.29) is 18.2 Å². The van der Waals surface area contributed by atoms with Crippen molar-refractivity contribution in [3.05, 3.63) is 0 Å². The summed E-state index contributed by atoms with van der Waals surface area (Å²) in [6.07, 6.45) is 0.685. The molecular weight excluding hydrogens is 285 g/mol. The molecule has 0 bridgehead atoms. The second-order valence-corrected chi connectivity index (χ2v) is 3.70. The van der Waals surface area contributed by atoms with Crippen LogP contribution >= 0.6 is 22.6 Å². The van der Waals surface area contributed by atoms with Crippen molar-refractivity contribution in [3.63, 3.8) is 0 Å². The molecule has 0 saturated carbocycles. The molecule has 0 spiro atoms. The molecule has 13 heavy (non-hydrogen) atoms. The quantitative estimate of drug-likeness (QED) is 0.632. The molecule has 0 aromatic heterocycles. The predicted molar refractivity (Wildman–Crippen MR) is 57.2 cm³/mol. The molecule has 1 amide bonds. The van der Waals surface area contributed by atoms with E-state index in [1.165, 1.54) is 0 Å². The third-order valence-corrected chi connectivity index (χ3v) is 2.81. The van der Waals surface area contributed by atoms with Crippen molar-refractivity contribution in [2.24, 2.45) is 0 Å². The topological polar surface area (TPSA) is 47.6 Å². The minimum absolute atomic E-state index is 0.121. The van der Waals surface area contributed by atoms with Gasteiger partial charge in [-0.15, -0.1) is 0 Å². The summed E-state index contributed by atoms with van der Waals surface area (Å²) in [7, 11) is 0. The third kappa shape index (κ3) is 3.30. The van der Waals surface area contributed by atoms with Crippen molar-refractivity contribution in [3.8, 4) is 0 Å². The minimum atomic E-state index is -0.340. The van der Waals surface area contributed by atoms with Gasteiger partial charge >= 0.3 is 6.09 Å². The normalized spacial score (nSPS) is 27.2. The molecule has 0 unspecified atom stereocenters. The zero-order valence-electron chi connectivity index (χ0n) is 7.59. The van der Waals surface area contributed by atoms with Crippen molar-refractivity contribution >= 4 is 28.7 Å². The van der Waals surface area contributed by atoms with Crippen LogP contribution in [-0.4, -0.2) is 35.9 Å². The van der Waals surface area contributed by atoms with Crippen LogP contribution in [0.1, 0.15) is 13.3 Å². The number of carbonyl (C=O) groups is 1. The summed E-state index contributed by atoms with van der Waals surface area (Å²) < 4.78 is 11.1. The molecule has 0 aliphatic carbocycles. The van der Waals surface area contributed by atoms with Crippen molar-refractivity contribution in [2.45, 2.75) is 25.5 Å². The van der Waals surface area contributed by atoms with Gasteiger partial charge in [0.15, 0.2) is 0 Å². The maximum Gasteiger partial charge on any atom is 0.407 e. The first kappa shape index (κ1) is 11.0. The summed E-state index contributed by atoms with van der Waals surface area (Å²) in [5.74, 6) is 0. The number of hydrogen-bond donors (Lipinski definition) is 1. The number of ether oxygens (including phenoxy) is 2. The van der Waals surface area contributed by atoms with Crippen molar-refractivity contribution in [1.82, 2.24) is 5.32 Å². The molecule has 1 heterocycles. The van der Waals surface area contributed by atoms with Crippen LogP contribution in [0.15, 0.2) is 0 Å². The van der Waals surface area contributed by atoms with Crippen LogP contribution in [0, 0.1) is 0 Å². The minimum Gasteiger partial charge on any atom is -0.450 e. The second kappa shape index (κ2) is 5.64. The number of alkyl carbamates (subject to hydrolysis) is 1. The number of halogens is 1. The molecule has 0 aromatic carbocycles. The van der Waals surface area contributed by atoms with E-state index in [9.17, 15) is 4.79 Å². The number of nitrogens with one attached hydrogen (secondary N) is 1. The summed E-state index contributed by atoms with van der Waals surface area (Å²) >= 11 is 2.26. The Bertz CT molecular complexity index is 177. The lowest BCUT2D eigenvalue weighted by Gasteiger charge is -2.16. The Morgan fingerprint density at radius 1 is 1.77 bits per heavy atom. The Morgan fingerprint density at radius 2 is 2.54 bits per heavy atom. The van der Waals surface area contributed by atoms with E-state index in [0.717, 1.165) is 17.5 Å². The van der Waals surface area contributed by atoms with E-state index >= 15 is 0 Å². The summed E-state index contributed by atoms with van der Waals surface area (Å²) in [4.78, 5) is 11.1.